The summed E-state index contributed by atoms with van der Waals surface area (Å²) in [4.78, 5) is 15.4. The SMILES string of the molecule is CCCCCCCCOC(O)CCCCCN(CCCCO)CCCCCCOC(=O)C(CCCCCC)CCCCCCCC. The van der Waals surface area contributed by atoms with Crippen molar-refractivity contribution in [3.8, 4) is 0 Å². The van der Waals surface area contributed by atoms with Crippen molar-refractivity contribution in [2.75, 3.05) is 39.5 Å². The number of rotatable bonds is 38. The van der Waals surface area contributed by atoms with Crippen molar-refractivity contribution in [2.24, 2.45) is 5.92 Å². The Morgan fingerprint density at radius 2 is 0.935 bits per heavy atom. The molecule has 0 bridgehead atoms. The third kappa shape index (κ3) is 31.9. The van der Waals surface area contributed by atoms with Crippen molar-refractivity contribution < 1.29 is 24.5 Å². The summed E-state index contributed by atoms with van der Waals surface area (Å²) in [6.07, 6.45) is 31.5. The predicted molar refractivity (Wildman–Crippen MR) is 196 cm³/mol. The van der Waals surface area contributed by atoms with Gasteiger partial charge in [-0.3, -0.25) is 4.79 Å². The zero-order chi connectivity index (χ0) is 33.8. The molecule has 0 aliphatic rings. The monoisotopic (exact) mass is 656 g/mol. The molecule has 2 N–H and O–H groups in total. The van der Waals surface area contributed by atoms with Gasteiger partial charge >= 0.3 is 5.97 Å². The highest BCUT2D eigenvalue weighted by atomic mass is 16.6. The fourth-order valence-electron chi connectivity index (χ4n) is 6.25. The van der Waals surface area contributed by atoms with E-state index in [1.165, 1.54) is 83.5 Å². The smallest absolute Gasteiger partial charge is 0.308 e. The van der Waals surface area contributed by atoms with Gasteiger partial charge in [-0.2, -0.15) is 0 Å². The average molecular weight is 656 g/mol. The summed E-state index contributed by atoms with van der Waals surface area (Å²) in [5, 5.41) is 19.4. The molecule has 0 heterocycles. The fraction of sp³-hybridized carbons (Fsp3) is 0.975. The van der Waals surface area contributed by atoms with E-state index in [9.17, 15) is 15.0 Å². The molecule has 0 radical (unpaired) electrons. The van der Waals surface area contributed by atoms with Gasteiger partial charge in [0.15, 0.2) is 6.29 Å². The second-order valence-corrected chi connectivity index (χ2v) is 13.9. The van der Waals surface area contributed by atoms with E-state index < -0.39 is 6.29 Å². The highest BCUT2D eigenvalue weighted by Crippen LogP contribution is 2.21. The largest absolute Gasteiger partial charge is 0.465 e. The Morgan fingerprint density at radius 3 is 1.50 bits per heavy atom. The molecule has 0 aromatic heterocycles. The molecule has 0 rings (SSSR count). The predicted octanol–water partition coefficient (Wildman–Crippen LogP) is 10.8. The van der Waals surface area contributed by atoms with Crippen molar-refractivity contribution in [3.63, 3.8) is 0 Å². The van der Waals surface area contributed by atoms with Crippen LogP contribution >= 0.6 is 0 Å². The van der Waals surface area contributed by atoms with Crippen LogP contribution in [-0.4, -0.2) is 66.8 Å². The van der Waals surface area contributed by atoms with Crippen LogP contribution in [0.4, 0.5) is 0 Å². The van der Waals surface area contributed by atoms with Gasteiger partial charge in [-0.25, -0.2) is 0 Å². The van der Waals surface area contributed by atoms with Gasteiger partial charge in [0, 0.05) is 13.2 Å². The molecule has 0 aliphatic carbocycles. The number of esters is 1. The van der Waals surface area contributed by atoms with Crippen LogP contribution < -0.4 is 0 Å². The summed E-state index contributed by atoms with van der Waals surface area (Å²) in [6.45, 7) is 11.4. The van der Waals surface area contributed by atoms with Crippen LogP contribution in [0.15, 0.2) is 0 Å². The lowest BCUT2D eigenvalue weighted by molar-refractivity contribution is -0.149. The maximum absolute atomic E-state index is 12.9. The molecule has 2 atom stereocenters. The van der Waals surface area contributed by atoms with Crippen LogP contribution in [0.1, 0.15) is 201 Å². The van der Waals surface area contributed by atoms with Crippen LogP contribution in [0, 0.1) is 5.92 Å². The molecule has 0 aromatic rings. The van der Waals surface area contributed by atoms with E-state index in [2.05, 4.69) is 25.7 Å². The van der Waals surface area contributed by atoms with Gasteiger partial charge in [-0.1, -0.05) is 136 Å². The number of hydrogen-bond donors (Lipinski definition) is 2. The quantitative estimate of drug-likeness (QED) is 0.0391. The van der Waals surface area contributed by atoms with Crippen LogP contribution in [0.3, 0.4) is 0 Å². The Morgan fingerprint density at radius 1 is 0.522 bits per heavy atom. The van der Waals surface area contributed by atoms with Gasteiger partial charge in [-0.05, 0) is 83.8 Å². The Bertz CT molecular complexity index is 604. The Balaban J connectivity index is 4.13. The van der Waals surface area contributed by atoms with Crippen LogP contribution in [0.5, 0.6) is 0 Å². The summed E-state index contributed by atoms with van der Waals surface area (Å²) in [6, 6.07) is 0. The second-order valence-electron chi connectivity index (χ2n) is 13.9. The highest BCUT2D eigenvalue weighted by Gasteiger charge is 2.19. The van der Waals surface area contributed by atoms with Gasteiger partial charge in [0.25, 0.3) is 0 Å². The Labute approximate surface area is 287 Å². The minimum atomic E-state index is -0.618. The third-order valence-electron chi connectivity index (χ3n) is 9.37. The minimum absolute atomic E-state index is 0.0528. The first kappa shape index (κ1) is 45.3. The van der Waals surface area contributed by atoms with E-state index >= 15 is 0 Å². The lowest BCUT2D eigenvalue weighted by Crippen LogP contribution is -2.27. The number of aliphatic hydroxyl groups excluding tert-OH is 2. The minimum Gasteiger partial charge on any atom is -0.465 e. The molecule has 6 heteroatoms. The van der Waals surface area contributed by atoms with Gasteiger partial charge in [0.1, 0.15) is 0 Å². The van der Waals surface area contributed by atoms with E-state index in [4.69, 9.17) is 9.47 Å². The molecule has 0 amide bonds. The topological polar surface area (TPSA) is 79.2 Å². The standard InChI is InChI=1S/C40H81NO5/c1-4-7-10-13-15-21-30-38(29-20-12-9-6-3)40(44)46-37-28-18-16-23-32-41(34-25-26-35-42)33-24-19-22-31-39(43)45-36-27-17-14-11-8-5-2/h38-39,42-43H,4-37H2,1-3H3. The van der Waals surface area contributed by atoms with Crippen molar-refractivity contribution in [3.05, 3.63) is 0 Å². The maximum Gasteiger partial charge on any atom is 0.308 e. The van der Waals surface area contributed by atoms with Gasteiger partial charge in [0.05, 0.1) is 12.5 Å². The van der Waals surface area contributed by atoms with Crippen LogP contribution in [-0.2, 0) is 14.3 Å². The summed E-state index contributed by atoms with van der Waals surface area (Å²) >= 11 is 0. The number of hydrogen-bond acceptors (Lipinski definition) is 6. The molecule has 46 heavy (non-hydrogen) atoms. The number of carbonyl (C=O) groups excluding carboxylic acids is 1. The fourth-order valence-corrected chi connectivity index (χ4v) is 6.25. The molecule has 0 fully saturated rings. The molecular formula is C40H81NO5. The van der Waals surface area contributed by atoms with E-state index in [1.807, 2.05) is 0 Å². The molecule has 6 nitrogen and oxygen atoms in total. The number of ether oxygens (including phenoxy) is 2. The molecule has 0 aliphatic heterocycles. The number of unbranched alkanes of at least 4 members (excludes halogenated alkanes) is 19. The zero-order valence-electron chi connectivity index (χ0n) is 31.3. The van der Waals surface area contributed by atoms with E-state index in [0.717, 1.165) is 116 Å². The number of carbonyl (C=O) groups is 1. The average Bonchev–Trinajstić information content (AvgIpc) is 3.05. The van der Waals surface area contributed by atoms with E-state index in [0.29, 0.717) is 13.2 Å². The molecule has 0 saturated carbocycles. The highest BCUT2D eigenvalue weighted by molar-refractivity contribution is 5.72. The Hall–Kier alpha value is -0.690. The zero-order valence-corrected chi connectivity index (χ0v) is 31.3. The lowest BCUT2D eigenvalue weighted by atomic mass is 9.94. The normalized spacial score (nSPS) is 13.0. The van der Waals surface area contributed by atoms with Crippen molar-refractivity contribution in [1.29, 1.82) is 0 Å². The summed E-state index contributed by atoms with van der Waals surface area (Å²) in [7, 11) is 0. The van der Waals surface area contributed by atoms with Crippen LogP contribution in [0.2, 0.25) is 0 Å². The third-order valence-corrected chi connectivity index (χ3v) is 9.37. The van der Waals surface area contributed by atoms with Gasteiger partial charge < -0.3 is 24.6 Å². The van der Waals surface area contributed by atoms with Gasteiger partial charge in [0.2, 0.25) is 0 Å². The first-order valence-electron chi connectivity index (χ1n) is 20.4. The molecular weight excluding hydrogens is 574 g/mol. The van der Waals surface area contributed by atoms with Crippen molar-refractivity contribution in [1.82, 2.24) is 4.90 Å². The Kier molecular flexibility index (Phi) is 36.6. The van der Waals surface area contributed by atoms with Crippen molar-refractivity contribution >= 4 is 5.97 Å². The second kappa shape index (κ2) is 37.1. The molecule has 0 saturated heterocycles. The lowest BCUT2D eigenvalue weighted by Gasteiger charge is -2.22. The number of nitrogens with zero attached hydrogens (tertiary/aromatic N) is 1. The van der Waals surface area contributed by atoms with Crippen LogP contribution in [0.25, 0.3) is 0 Å². The summed E-state index contributed by atoms with van der Waals surface area (Å²) < 4.78 is 11.4. The maximum atomic E-state index is 12.9. The first-order valence-corrected chi connectivity index (χ1v) is 20.4. The van der Waals surface area contributed by atoms with Gasteiger partial charge in [-0.15, -0.1) is 0 Å². The summed E-state index contributed by atoms with van der Waals surface area (Å²) in [5.41, 5.74) is 0. The van der Waals surface area contributed by atoms with E-state index in [1.54, 1.807) is 0 Å². The van der Waals surface area contributed by atoms with Crippen molar-refractivity contribution in [2.45, 2.75) is 207 Å². The first-order chi connectivity index (χ1) is 22.6. The molecule has 276 valence electrons. The molecule has 0 spiro atoms. The number of aliphatic hydroxyl groups is 2. The molecule has 0 aromatic carbocycles. The van der Waals surface area contributed by atoms with E-state index in [-0.39, 0.29) is 18.5 Å². The summed E-state index contributed by atoms with van der Waals surface area (Å²) in [5.74, 6) is 0.147. The molecule has 2 unspecified atom stereocenters.